The molecule has 1 aromatic heterocycles. The minimum Gasteiger partial charge on any atom is -0.494 e. The van der Waals surface area contributed by atoms with Crippen molar-refractivity contribution in [1.29, 1.82) is 0 Å². The predicted octanol–water partition coefficient (Wildman–Crippen LogP) is 5.92. The first-order valence-electron chi connectivity index (χ1n) is 11.3. The molecule has 0 radical (unpaired) electrons. The first-order chi connectivity index (χ1) is 16.4. The van der Waals surface area contributed by atoms with Crippen LogP contribution in [0.25, 0.3) is 11.1 Å². The summed E-state index contributed by atoms with van der Waals surface area (Å²) in [6.07, 6.45) is 0.854. The molecule has 3 rings (SSSR count). The second kappa shape index (κ2) is 11.6. The number of amides is 1. The largest absolute Gasteiger partial charge is 0.494 e. The van der Waals surface area contributed by atoms with Gasteiger partial charge in [0.05, 0.1) is 25.5 Å². The summed E-state index contributed by atoms with van der Waals surface area (Å²) < 4.78 is 16.4. The molecule has 34 heavy (non-hydrogen) atoms. The van der Waals surface area contributed by atoms with Crippen LogP contribution in [0, 0.1) is 6.92 Å². The average Bonchev–Trinajstić information content (AvgIpc) is 3.14. The molecule has 0 aliphatic carbocycles. The second-order valence-corrected chi connectivity index (χ2v) is 8.70. The number of rotatable bonds is 10. The van der Waals surface area contributed by atoms with E-state index < -0.39 is 5.97 Å². The summed E-state index contributed by atoms with van der Waals surface area (Å²) >= 11 is 1.33. The van der Waals surface area contributed by atoms with Gasteiger partial charge in [-0.1, -0.05) is 19.1 Å². The molecule has 3 aromatic rings. The van der Waals surface area contributed by atoms with Gasteiger partial charge in [-0.25, -0.2) is 4.79 Å². The quantitative estimate of drug-likeness (QED) is 0.275. The Morgan fingerprint density at radius 3 is 2.35 bits per heavy atom. The molecule has 1 heterocycles. The smallest absolute Gasteiger partial charge is 0.341 e. The molecule has 0 spiro atoms. The number of nitrogen functional groups attached to an aromatic ring is 1. The number of hydrogen-bond acceptors (Lipinski definition) is 7. The lowest BCUT2D eigenvalue weighted by molar-refractivity contribution is 0.0529. The Labute approximate surface area is 203 Å². The first kappa shape index (κ1) is 25.1. The highest BCUT2D eigenvalue weighted by Gasteiger charge is 2.26. The summed E-state index contributed by atoms with van der Waals surface area (Å²) in [4.78, 5) is 26.8. The maximum absolute atomic E-state index is 13.0. The number of esters is 1. The number of carbonyl (C=O) groups excluding carboxylic acids is 2. The maximum Gasteiger partial charge on any atom is 0.341 e. The van der Waals surface area contributed by atoms with Crippen molar-refractivity contribution in [2.24, 2.45) is 0 Å². The molecular formula is C26H30N2O5S. The average molecular weight is 483 g/mol. The highest BCUT2D eigenvalue weighted by Crippen LogP contribution is 2.41. The number of benzene rings is 2. The first-order valence-corrected chi connectivity index (χ1v) is 12.1. The van der Waals surface area contributed by atoms with Gasteiger partial charge < -0.3 is 25.3 Å². The Bertz CT molecular complexity index is 1150. The lowest BCUT2D eigenvalue weighted by Crippen LogP contribution is -2.15. The number of carbonyl (C=O) groups is 2. The van der Waals surface area contributed by atoms with Crippen molar-refractivity contribution in [3.05, 3.63) is 58.5 Å². The van der Waals surface area contributed by atoms with Gasteiger partial charge in [0.15, 0.2) is 0 Å². The van der Waals surface area contributed by atoms with E-state index in [1.807, 2.05) is 45.0 Å². The van der Waals surface area contributed by atoms with Crippen LogP contribution in [0.1, 0.15) is 52.8 Å². The summed E-state index contributed by atoms with van der Waals surface area (Å²) in [6.45, 7) is 8.91. The normalized spacial score (nSPS) is 10.6. The lowest BCUT2D eigenvalue weighted by Gasteiger charge is -2.11. The van der Waals surface area contributed by atoms with E-state index in [0.29, 0.717) is 40.8 Å². The van der Waals surface area contributed by atoms with Crippen molar-refractivity contribution >= 4 is 33.9 Å². The summed E-state index contributed by atoms with van der Waals surface area (Å²) in [7, 11) is 0. The van der Waals surface area contributed by atoms with E-state index >= 15 is 0 Å². The van der Waals surface area contributed by atoms with Crippen LogP contribution in [-0.4, -0.2) is 31.7 Å². The monoisotopic (exact) mass is 482 g/mol. The number of anilines is 2. The van der Waals surface area contributed by atoms with Crippen LogP contribution in [0.5, 0.6) is 11.5 Å². The highest BCUT2D eigenvalue weighted by molar-refractivity contribution is 7.17. The van der Waals surface area contributed by atoms with Crippen molar-refractivity contribution in [1.82, 2.24) is 0 Å². The Morgan fingerprint density at radius 2 is 1.74 bits per heavy atom. The molecule has 0 fully saturated rings. The topological polar surface area (TPSA) is 99.9 Å². The minimum atomic E-state index is -0.492. The van der Waals surface area contributed by atoms with Crippen molar-refractivity contribution in [3.8, 4) is 22.6 Å². The van der Waals surface area contributed by atoms with Crippen molar-refractivity contribution in [2.75, 3.05) is 30.9 Å². The van der Waals surface area contributed by atoms with E-state index in [0.717, 1.165) is 28.2 Å². The molecule has 0 aliphatic heterocycles. The van der Waals surface area contributed by atoms with E-state index in [2.05, 4.69) is 5.32 Å². The van der Waals surface area contributed by atoms with E-state index in [4.69, 9.17) is 19.9 Å². The molecular weight excluding hydrogens is 452 g/mol. The fourth-order valence-electron chi connectivity index (χ4n) is 3.47. The molecule has 180 valence electrons. The zero-order valence-corrected chi connectivity index (χ0v) is 20.7. The molecule has 8 heteroatoms. The van der Waals surface area contributed by atoms with Crippen molar-refractivity contribution < 1.29 is 23.8 Å². The van der Waals surface area contributed by atoms with E-state index in [1.54, 1.807) is 25.1 Å². The van der Waals surface area contributed by atoms with Gasteiger partial charge in [0.2, 0.25) is 0 Å². The lowest BCUT2D eigenvalue weighted by atomic mass is 10.0. The van der Waals surface area contributed by atoms with Gasteiger partial charge in [0.25, 0.3) is 5.91 Å². The fraction of sp³-hybridized carbons (Fsp3) is 0.308. The van der Waals surface area contributed by atoms with E-state index in [9.17, 15) is 9.59 Å². The Kier molecular flexibility index (Phi) is 8.54. The number of nitrogens with two attached hydrogens (primary N) is 1. The predicted molar refractivity (Wildman–Crippen MR) is 136 cm³/mol. The fourth-order valence-corrected chi connectivity index (χ4v) is 4.53. The summed E-state index contributed by atoms with van der Waals surface area (Å²) in [5.74, 6) is 0.414. The van der Waals surface area contributed by atoms with Crippen LogP contribution in [0.15, 0.2) is 42.5 Å². The van der Waals surface area contributed by atoms with Gasteiger partial charge in [-0.3, -0.25) is 4.79 Å². The molecule has 2 aromatic carbocycles. The molecule has 0 bridgehead atoms. The van der Waals surface area contributed by atoms with Gasteiger partial charge in [-0.2, -0.15) is 0 Å². The van der Waals surface area contributed by atoms with E-state index in [1.165, 1.54) is 11.3 Å². The van der Waals surface area contributed by atoms with Crippen LogP contribution in [-0.2, 0) is 4.74 Å². The molecule has 0 unspecified atom stereocenters. The van der Waals surface area contributed by atoms with E-state index in [-0.39, 0.29) is 12.5 Å². The summed E-state index contributed by atoms with van der Waals surface area (Å²) in [6, 6.07) is 12.4. The van der Waals surface area contributed by atoms with Crippen LogP contribution >= 0.6 is 11.3 Å². The van der Waals surface area contributed by atoms with Gasteiger partial charge in [0.1, 0.15) is 22.1 Å². The molecule has 0 saturated heterocycles. The summed E-state index contributed by atoms with van der Waals surface area (Å²) in [5, 5.41) is 3.30. The SMILES string of the molecule is CCCOc1ccc(C(=O)Nc2sc(C)c(-c3ccc(OCC)cc3)c2C(=O)OCC)cc1N. The molecule has 0 saturated carbocycles. The van der Waals surface area contributed by atoms with Crippen LogP contribution in [0.3, 0.4) is 0 Å². The number of hydrogen-bond donors (Lipinski definition) is 2. The zero-order valence-electron chi connectivity index (χ0n) is 19.9. The second-order valence-electron chi connectivity index (χ2n) is 7.47. The van der Waals surface area contributed by atoms with Gasteiger partial charge >= 0.3 is 5.97 Å². The highest BCUT2D eigenvalue weighted by atomic mass is 32.1. The Hall–Kier alpha value is -3.52. The van der Waals surface area contributed by atoms with Crippen molar-refractivity contribution in [3.63, 3.8) is 0 Å². The van der Waals surface area contributed by atoms with Gasteiger partial charge in [-0.05, 0) is 63.1 Å². The Morgan fingerprint density at radius 1 is 1.00 bits per heavy atom. The van der Waals surface area contributed by atoms with Crippen LogP contribution in [0.2, 0.25) is 0 Å². The molecule has 0 aliphatic rings. The zero-order chi connectivity index (χ0) is 24.7. The molecule has 1 amide bonds. The number of ether oxygens (including phenoxy) is 3. The van der Waals surface area contributed by atoms with Gasteiger partial charge in [0, 0.05) is 16.0 Å². The van der Waals surface area contributed by atoms with Crippen LogP contribution < -0.4 is 20.5 Å². The number of thiophene rings is 1. The number of nitrogens with one attached hydrogen (secondary N) is 1. The Balaban J connectivity index is 1.95. The standard InChI is InChI=1S/C26H30N2O5S/c1-5-14-33-21-13-10-18(15-20(21)27)24(29)28-25-23(26(30)32-7-3)22(16(4)34-25)17-8-11-19(12-9-17)31-6-2/h8-13,15H,5-7,14,27H2,1-4H3,(H,28,29). The van der Waals surface area contributed by atoms with Gasteiger partial charge in [-0.15, -0.1) is 11.3 Å². The number of aryl methyl sites for hydroxylation is 1. The summed E-state index contributed by atoms with van der Waals surface area (Å²) in [5.41, 5.74) is 8.70. The third-order valence-electron chi connectivity index (χ3n) is 4.98. The molecule has 7 nitrogen and oxygen atoms in total. The molecule has 0 atom stereocenters. The van der Waals surface area contributed by atoms with Crippen molar-refractivity contribution in [2.45, 2.75) is 34.1 Å². The maximum atomic E-state index is 13.0. The minimum absolute atomic E-state index is 0.222. The third kappa shape index (κ3) is 5.69. The molecule has 3 N–H and O–H groups in total. The third-order valence-corrected chi connectivity index (χ3v) is 6.00. The van der Waals surface area contributed by atoms with Crippen LogP contribution in [0.4, 0.5) is 10.7 Å².